The van der Waals surface area contributed by atoms with E-state index in [4.69, 9.17) is 19.0 Å². The van der Waals surface area contributed by atoms with E-state index >= 15 is 0 Å². The summed E-state index contributed by atoms with van der Waals surface area (Å²) in [6, 6.07) is 0.833. The molecule has 2 fully saturated rings. The van der Waals surface area contributed by atoms with E-state index in [2.05, 4.69) is 0 Å². The molecule has 2 aliphatic carbocycles. The van der Waals surface area contributed by atoms with Gasteiger partial charge in [-0.2, -0.15) is 0 Å². The first-order chi connectivity index (χ1) is 12.6. The molecule has 2 N–H and O–H groups in total. The summed E-state index contributed by atoms with van der Waals surface area (Å²) in [7, 11) is 2.59. The molecule has 0 aromatic rings. The summed E-state index contributed by atoms with van der Waals surface area (Å²) in [6.45, 7) is 0. The summed E-state index contributed by atoms with van der Waals surface area (Å²) in [5.74, 6) is 1.29. The molecule has 0 saturated heterocycles. The first-order valence-corrected chi connectivity index (χ1v) is 13.0. The summed E-state index contributed by atoms with van der Waals surface area (Å²) in [6.07, 6.45) is 18.5. The van der Waals surface area contributed by atoms with Gasteiger partial charge in [0.25, 0.3) is 0 Å². The zero-order valence-corrected chi connectivity index (χ0v) is 18.6. The molecule has 26 heavy (non-hydrogen) atoms. The highest BCUT2D eigenvalue weighted by molar-refractivity contribution is 6.60. The Morgan fingerprint density at radius 1 is 0.692 bits per heavy atom. The van der Waals surface area contributed by atoms with Gasteiger partial charge in [0, 0.05) is 32.9 Å². The third-order valence-electron chi connectivity index (χ3n) is 7.28. The minimum absolute atomic E-state index is 0.0878. The lowest BCUT2D eigenvalue weighted by atomic mass is 9.66. The Hall–Kier alpha value is 0.0569. The largest absolute Gasteiger partial charge is 0.500 e. The highest BCUT2D eigenvalue weighted by Gasteiger charge is 2.46. The standard InChI is InChI=1S/C21H43NO3Si/c1-23-26(24-2,25-3)18-17-21(22,20-15-11-7-8-12-16-20)19-13-9-5-4-6-10-14-19/h19-20H,4-18,22H2,1-3H3. The molecule has 0 amide bonds. The Bertz CT molecular complexity index is 367. The second-order valence-electron chi connectivity index (χ2n) is 8.64. The van der Waals surface area contributed by atoms with Crippen molar-refractivity contribution in [3.8, 4) is 0 Å². The van der Waals surface area contributed by atoms with Crippen LogP contribution in [0.15, 0.2) is 0 Å². The Kier molecular flexibility index (Phi) is 9.59. The van der Waals surface area contributed by atoms with Crippen LogP contribution in [0.2, 0.25) is 6.04 Å². The Morgan fingerprint density at radius 2 is 1.04 bits per heavy atom. The van der Waals surface area contributed by atoms with E-state index in [0.29, 0.717) is 11.8 Å². The quantitative estimate of drug-likeness (QED) is 0.456. The van der Waals surface area contributed by atoms with E-state index in [1.807, 2.05) is 0 Å². The fourth-order valence-electron chi connectivity index (χ4n) is 5.48. The molecule has 4 nitrogen and oxygen atoms in total. The maximum absolute atomic E-state index is 7.36. The van der Waals surface area contributed by atoms with Gasteiger partial charge >= 0.3 is 8.80 Å². The molecule has 2 aliphatic rings. The van der Waals surface area contributed by atoms with Gasteiger partial charge in [-0.05, 0) is 43.9 Å². The Balaban J connectivity index is 2.18. The van der Waals surface area contributed by atoms with Gasteiger partial charge < -0.3 is 19.0 Å². The molecule has 0 aliphatic heterocycles. The van der Waals surface area contributed by atoms with Crippen molar-refractivity contribution < 1.29 is 13.3 Å². The molecule has 5 heteroatoms. The second kappa shape index (κ2) is 11.2. The van der Waals surface area contributed by atoms with E-state index in [9.17, 15) is 0 Å². The van der Waals surface area contributed by atoms with E-state index in [1.54, 1.807) is 21.3 Å². The normalized spacial score (nSPS) is 24.5. The van der Waals surface area contributed by atoms with Crippen molar-refractivity contribution in [3.05, 3.63) is 0 Å². The van der Waals surface area contributed by atoms with Crippen LogP contribution in [0.1, 0.15) is 89.9 Å². The van der Waals surface area contributed by atoms with Crippen LogP contribution in [0, 0.1) is 11.8 Å². The SMILES string of the molecule is CO[Si](CCC(N)(C1CCCCCCC1)C1CCCCCC1)(OC)OC. The summed E-state index contributed by atoms with van der Waals surface area (Å²) in [4.78, 5) is 0. The molecule has 1 unspecified atom stereocenters. The van der Waals surface area contributed by atoms with Gasteiger partial charge in [-0.15, -0.1) is 0 Å². The topological polar surface area (TPSA) is 53.7 Å². The van der Waals surface area contributed by atoms with Gasteiger partial charge in [-0.1, -0.05) is 57.8 Å². The third kappa shape index (κ3) is 5.78. The maximum atomic E-state index is 7.36. The molecule has 0 aromatic heterocycles. The van der Waals surface area contributed by atoms with Gasteiger partial charge in [-0.3, -0.25) is 0 Å². The lowest BCUT2D eigenvalue weighted by Gasteiger charge is -2.46. The lowest BCUT2D eigenvalue weighted by Crippen LogP contribution is -2.55. The van der Waals surface area contributed by atoms with Crippen molar-refractivity contribution >= 4 is 8.80 Å². The molecule has 2 saturated carbocycles. The average molecular weight is 386 g/mol. The van der Waals surface area contributed by atoms with Crippen molar-refractivity contribution in [1.82, 2.24) is 0 Å². The van der Waals surface area contributed by atoms with E-state index in [1.165, 1.54) is 83.5 Å². The lowest BCUT2D eigenvalue weighted by molar-refractivity contribution is 0.0963. The zero-order chi connectivity index (χ0) is 18.9. The summed E-state index contributed by atoms with van der Waals surface area (Å²) in [5, 5.41) is 0. The van der Waals surface area contributed by atoms with Gasteiger partial charge in [0.1, 0.15) is 0 Å². The summed E-state index contributed by atoms with van der Waals surface area (Å²) in [5.41, 5.74) is 7.28. The minimum atomic E-state index is -2.57. The predicted octanol–water partition coefficient (Wildman–Crippen LogP) is 5.28. The third-order valence-corrected chi connectivity index (χ3v) is 10.0. The smallest absolute Gasteiger partial charge is 0.377 e. The summed E-state index contributed by atoms with van der Waals surface area (Å²) >= 11 is 0. The highest BCUT2D eigenvalue weighted by Crippen LogP contribution is 2.43. The molecular formula is C21H43NO3Si. The molecule has 2 rings (SSSR count). The van der Waals surface area contributed by atoms with E-state index < -0.39 is 8.80 Å². The molecule has 0 spiro atoms. The Labute approximate surface area is 162 Å². The average Bonchev–Trinajstić information content (AvgIpc) is 2.93. The van der Waals surface area contributed by atoms with Crippen LogP contribution in [-0.4, -0.2) is 35.7 Å². The first kappa shape index (κ1) is 22.3. The number of hydrogen-bond donors (Lipinski definition) is 1. The minimum Gasteiger partial charge on any atom is -0.377 e. The molecule has 154 valence electrons. The molecule has 1 atom stereocenters. The number of hydrogen-bond acceptors (Lipinski definition) is 4. The molecular weight excluding hydrogens is 342 g/mol. The zero-order valence-electron chi connectivity index (χ0n) is 17.6. The van der Waals surface area contributed by atoms with Crippen molar-refractivity contribution in [3.63, 3.8) is 0 Å². The van der Waals surface area contributed by atoms with Crippen LogP contribution in [0.25, 0.3) is 0 Å². The van der Waals surface area contributed by atoms with Crippen LogP contribution < -0.4 is 5.73 Å². The molecule has 0 aromatic carbocycles. The van der Waals surface area contributed by atoms with Gasteiger partial charge in [0.15, 0.2) is 0 Å². The molecule has 0 bridgehead atoms. The van der Waals surface area contributed by atoms with Gasteiger partial charge in [0.05, 0.1) is 0 Å². The van der Waals surface area contributed by atoms with Crippen LogP contribution >= 0.6 is 0 Å². The fourth-order valence-corrected chi connectivity index (χ4v) is 7.33. The molecule has 0 radical (unpaired) electrons. The van der Waals surface area contributed by atoms with Crippen LogP contribution in [0.3, 0.4) is 0 Å². The summed E-state index contributed by atoms with van der Waals surface area (Å²) < 4.78 is 17.1. The van der Waals surface area contributed by atoms with Crippen molar-refractivity contribution in [2.45, 2.75) is 101 Å². The fraction of sp³-hybridized carbons (Fsp3) is 1.00. The monoisotopic (exact) mass is 385 g/mol. The van der Waals surface area contributed by atoms with Crippen LogP contribution in [0.5, 0.6) is 0 Å². The van der Waals surface area contributed by atoms with E-state index in [0.717, 1.165) is 12.5 Å². The van der Waals surface area contributed by atoms with E-state index in [-0.39, 0.29) is 5.54 Å². The number of rotatable bonds is 8. The van der Waals surface area contributed by atoms with Crippen LogP contribution in [-0.2, 0) is 13.3 Å². The first-order valence-electron chi connectivity index (χ1n) is 11.0. The highest BCUT2D eigenvalue weighted by atomic mass is 28.4. The van der Waals surface area contributed by atoms with Crippen LogP contribution in [0.4, 0.5) is 0 Å². The van der Waals surface area contributed by atoms with Gasteiger partial charge in [0.2, 0.25) is 0 Å². The second-order valence-corrected chi connectivity index (χ2v) is 11.7. The van der Waals surface area contributed by atoms with Crippen molar-refractivity contribution in [1.29, 1.82) is 0 Å². The Morgan fingerprint density at radius 3 is 1.38 bits per heavy atom. The molecule has 0 heterocycles. The van der Waals surface area contributed by atoms with Gasteiger partial charge in [-0.25, -0.2) is 0 Å². The van der Waals surface area contributed by atoms with Crippen molar-refractivity contribution in [2.75, 3.05) is 21.3 Å². The number of nitrogens with two attached hydrogens (primary N) is 1. The van der Waals surface area contributed by atoms with Crippen molar-refractivity contribution in [2.24, 2.45) is 17.6 Å². The maximum Gasteiger partial charge on any atom is 0.500 e. The predicted molar refractivity (Wildman–Crippen MR) is 110 cm³/mol.